The van der Waals surface area contributed by atoms with Gasteiger partial charge in [-0.3, -0.25) is 0 Å². The minimum Gasteiger partial charge on any atom is -0.308 e. The predicted octanol–water partition coefficient (Wildman–Crippen LogP) is 12.7. The smallest absolute Gasteiger partial charge is 0.0702 e. The summed E-state index contributed by atoms with van der Waals surface area (Å²) in [5.74, 6) is 0. The molecule has 0 amide bonds. The minimum atomic E-state index is 1.10. The molecule has 1 heterocycles. The van der Waals surface area contributed by atoms with E-state index in [1.165, 1.54) is 54.8 Å². The molecule has 0 radical (unpaired) electrons. The van der Waals surface area contributed by atoms with E-state index in [2.05, 4.69) is 204 Å². The predicted molar refractivity (Wildman–Crippen MR) is 204 cm³/mol. The molecular weight excluding hydrogens is 581 g/mol. The van der Waals surface area contributed by atoms with Gasteiger partial charge in [-0.1, -0.05) is 133 Å². The Hall–Kier alpha value is -6.38. The average Bonchev–Trinajstić information content (AvgIpc) is 3.50. The van der Waals surface area contributed by atoms with E-state index in [1.807, 2.05) is 0 Å². The molecule has 0 unspecified atom stereocenters. The lowest BCUT2D eigenvalue weighted by molar-refractivity contribution is 1.15. The summed E-state index contributed by atoms with van der Waals surface area (Å²) in [6.45, 7) is 0. The topological polar surface area (TPSA) is 8.17 Å². The van der Waals surface area contributed by atoms with Gasteiger partial charge >= 0.3 is 0 Å². The zero-order chi connectivity index (χ0) is 31.9. The van der Waals surface area contributed by atoms with Crippen molar-refractivity contribution in [1.29, 1.82) is 0 Å². The molecular formula is C46H32N2. The standard InChI is InChI=1S/C46H32N2/c1-2-17-39(18-3-1)47(45-23-10-11-24-46(45)48-43-21-8-6-19-41(43)42-20-7-9-22-44(42)48)40-29-27-34(28-30-40)36-15-12-16-37(31-36)38-26-25-33-13-4-5-14-35(33)32-38/h1-32H. The molecule has 2 nitrogen and oxygen atoms in total. The molecule has 0 aliphatic heterocycles. The molecule has 0 aliphatic carbocycles. The molecule has 0 N–H and O–H groups in total. The van der Waals surface area contributed by atoms with Gasteiger partial charge in [0.25, 0.3) is 0 Å². The van der Waals surface area contributed by atoms with Crippen molar-refractivity contribution in [3.8, 4) is 27.9 Å². The van der Waals surface area contributed by atoms with E-state index in [4.69, 9.17) is 0 Å². The molecule has 0 saturated heterocycles. The summed E-state index contributed by atoms with van der Waals surface area (Å²) >= 11 is 0. The van der Waals surface area contributed by atoms with Crippen LogP contribution in [0.15, 0.2) is 194 Å². The molecule has 9 rings (SSSR count). The maximum atomic E-state index is 2.41. The number of nitrogens with zero attached hydrogens (tertiary/aromatic N) is 2. The quantitative estimate of drug-likeness (QED) is 0.181. The Labute approximate surface area is 280 Å². The van der Waals surface area contributed by atoms with Crippen LogP contribution in [-0.2, 0) is 0 Å². The van der Waals surface area contributed by atoms with Crippen molar-refractivity contribution in [2.45, 2.75) is 0 Å². The number of anilines is 3. The maximum Gasteiger partial charge on any atom is 0.0702 e. The summed E-state index contributed by atoms with van der Waals surface area (Å²) in [7, 11) is 0. The van der Waals surface area contributed by atoms with Gasteiger partial charge in [0.1, 0.15) is 0 Å². The molecule has 0 atom stereocenters. The van der Waals surface area contributed by atoms with Gasteiger partial charge in [-0.15, -0.1) is 0 Å². The van der Waals surface area contributed by atoms with Gasteiger partial charge in [-0.05, 0) is 93.7 Å². The lowest BCUT2D eigenvalue weighted by atomic mass is 9.97. The van der Waals surface area contributed by atoms with Gasteiger partial charge in [0.15, 0.2) is 0 Å². The van der Waals surface area contributed by atoms with Crippen molar-refractivity contribution >= 4 is 49.6 Å². The highest BCUT2D eigenvalue weighted by Crippen LogP contribution is 2.42. The van der Waals surface area contributed by atoms with Crippen molar-refractivity contribution in [2.24, 2.45) is 0 Å². The Morgan fingerprint density at radius 1 is 0.333 bits per heavy atom. The Bertz CT molecular complexity index is 2510. The van der Waals surface area contributed by atoms with Crippen LogP contribution in [0.5, 0.6) is 0 Å². The summed E-state index contributed by atoms with van der Waals surface area (Å²) in [5.41, 5.74) is 11.7. The number of para-hydroxylation sites is 5. The normalized spacial score (nSPS) is 11.3. The van der Waals surface area contributed by atoms with Crippen LogP contribution >= 0.6 is 0 Å². The summed E-state index contributed by atoms with van der Waals surface area (Å²) in [4.78, 5) is 2.37. The van der Waals surface area contributed by atoms with Crippen molar-refractivity contribution in [3.63, 3.8) is 0 Å². The van der Waals surface area contributed by atoms with E-state index in [0.29, 0.717) is 0 Å². The number of benzene rings is 8. The molecule has 9 aromatic rings. The van der Waals surface area contributed by atoms with E-state index in [-0.39, 0.29) is 0 Å². The van der Waals surface area contributed by atoms with E-state index in [9.17, 15) is 0 Å². The Morgan fingerprint density at radius 2 is 0.875 bits per heavy atom. The van der Waals surface area contributed by atoms with E-state index in [1.54, 1.807) is 0 Å². The zero-order valence-electron chi connectivity index (χ0n) is 26.4. The molecule has 48 heavy (non-hydrogen) atoms. The van der Waals surface area contributed by atoms with Crippen LogP contribution in [0, 0.1) is 0 Å². The molecule has 0 aliphatic rings. The summed E-state index contributed by atoms with van der Waals surface area (Å²) < 4.78 is 2.41. The summed E-state index contributed by atoms with van der Waals surface area (Å²) in [6, 6.07) is 69.9. The zero-order valence-corrected chi connectivity index (χ0v) is 26.4. The fourth-order valence-corrected chi connectivity index (χ4v) is 7.08. The maximum absolute atomic E-state index is 2.41. The second-order valence-electron chi connectivity index (χ2n) is 12.2. The van der Waals surface area contributed by atoms with Crippen LogP contribution in [0.3, 0.4) is 0 Å². The van der Waals surface area contributed by atoms with Crippen molar-refractivity contribution in [1.82, 2.24) is 4.57 Å². The van der Waals surface area contributed by atoms with Crippen LogP contribution in [0.1, 0.15) is 0 Å². The van der Waals surface area contributed by atoms with Crippen LogP contribution in [0.25, 0.3) is 60.5 Å². The first kappa shape index (κ1) is 27.9. The molecule has 8 aromatic carbocycles. The number of rotatable bonds is 6. The Balaban J connectivity index is 1.15. The van der Waals surface area contributed by atoms with Gasteiger partial charge in [0.05, 0.1) is 22.4 Å². The third kappa shape index (κ3) is 4.83. The third-order valence-electron chi connectivity index (χ3n) is 9.36. The molecule has 0 bridgehead atoms. The molecule has 0 saturated carbocycles. The lowest BCUT2D eigenvalue weighted by Gasteiger charge is -2.28. The third-order valence-corrected chi connectivity index (χ3v) is 9.36. The van der Waals surface area contributed by atoms with E-state index >= 15 is 0 Å². The fraction of sp³-hybridized carbons (Fsp3) is 0. The van der Waals surface area contributed by atoms with Gasteiger partial charge < -0.3 is 9.47 Å². The first-order chi connectivity index (χ1) is 23.8. The summed E-state index contributed by atoms with van der Waals surface area (Å²) in [5, 5.41) is 5.02. The lowest BCUT2D eigenvalue weighted by Crippen LogP contribution is -2.13. The molecule has 2 heteroatoms. The van der Waals surface area contributed by atoms with Crippen molar-refractivity contribution < 1.29 is 0 Å². The number of hydrogen-bond acceptors (Lipinski definition) is 1. The highest BCUT2D eigenvalue weighted by atomic mass is 15.2. The van der Waals surface area contributed by atoms with Crippen molar-refractivity contribution in [3.05, 3.63) is 194 Å². The molecule has 0 fully saturated rings. The van der Waals surface area contributed by atoms with Gasteiger partial charge in [0.2, 0.25) is 0 Å². The SMILES string of the molecule is c1ccc(N(c2ccc(-c3cccc(-c4ccc5ccccc5c4)c3)cc2)c2ccccc2-n2c3ccccc3c3ccccc32)cc1. The first-order valence-electron chi connectivity index (χ1n) is 16.4. The van der Waals surface area contributed by atoms with Crippen molar-refractivity contribution in [2.75, 3.05) is 4.90 Å². The van der Waals surface area contributed by atoms with Crippen LogP contribution in [-0.4, -0.2) is 4.57 Å². The van der Waals surface area contributed by atoms with Crippen LogP contribution in [0.2, 0.25) is 0 Å². The van der Waals surface area contributed by atoms with E-state index in [0.717, 1.165) is 22.7 Å². The van der Waals surface area contributed by atoms with Crippen LogP contribution < -0.4 is 4.90 Å². The molecule has 226 valence electrons. The molecule has 0 spiro atoms. The largest absolute Gasteiger partial charge is 0.308 e. The molecule has 1 aromatic heterocycles. The fourth-order valence-electron chi connectivity index (χ4n) is 7.08. The van der Waals surface area contributed by atoms with Gasteiger partial charge in [-0.25, -0.2) is 0 Å². The average molecular weight is 613 g/mol. The van der Waals surface area contributed by atoms with Gasteiger partial charge in [0, 0.05) is 22.1 Å². The number of fused-ring (bicyclic) bond motifs is 4. The highest BCUT2D eigenvalue weighted by Gasteiger charge is 2.20. The minimum absolute atomic E-state index is 1.10. The highest BCUT2D eigenvalue weighted by molar-refractivity contribution is 6.09. The summed E-state index contributed by atoms with van der Waals surface area (Å²) in [6.07, 6.45) is 0. The monoisotopic (exact) mass is 612 g/mol. The number of hydrogen-bond donors (Lipinski definition) is 0. The van der Waals surface area contributed by atoms with Gasteiger partial charge in [-0.2, -0.15) is 0 Å². The van der Waals surface area contributed by atoms with Crippen LogP contribution in [0.4, 0.5) is 17.1 Å². The second kappa shape index (κ2) is 11.8. The Morgan fingerprint density at radius 3 is 1.62 bits per heavy atom. The van der Waals surface area contributed by atoms with E-state index < -0.39 is 0 Å². The second-order valence-corrected chi connectivity index (χ2v) is 12.2. The first-order valence-corrected chi connectivity index (χ1v) is 16.4. The number of aromatic nitrogens is 1. The Kier molecular flexibility index (Phi) is 6.84.